The molecule has 6 nitrogen and oxygen atoms in total. The topological polar surface area (TPSA) is 86.7 Å². The minimum absolute atomic E-state index is 0.138. The molecule has 0 saturated carbocycles. The first-order valence-electron chi connectivity index (χ1n) is 7.23. The van der Waals surface area contributed by atoms with Crippen LogP contribution in [0.15, 0.2) is 59.3 Å². The van der Waals surface area contributed by atoms with E-state index in [1.165, 1.54) is 0 Å². The van der Waals surface area contributed by atoms with Crippen LogP contribution in [-0.2, 0) is 6.54 Å². The number of fused-ring (bicyclic) bond motifs is 1. The van der Waals surface area contributed by atoms with Gasteiger partial charge in [-0.05, 0) is 36.4 Å². The van der Waals surface area contributed by atoms with E-state index in [0.717, 1.165) is 28.1 Å². The van der Waals surface area contributed by atoms with E-state index in [9.17, 15) is 4.79 Å². The van der Waals surface area contributed by atoms with Crippen LogP contribution in [0, 0.1) is 0 Å². The number of nitrogens with one attached hydrogen (secondary N) is 3. The summed E-state index contributed by atoms with van der Waals surface area (Å²) in [5, 5.41) is 10.7. The van der Waals surface area contributed by atoms with E-state index in [2.05, 4.69) is 20.5 Å². The summed E-state index contributed by atoms with van der Waals surface area (Å²) >= 11 is 0. The molecule has 3 aromatic heterocycles. The Bertz CT molecular complexity index is 936. The van der Waals surface area contributed by atoms with Crippen molar-refractivity contribution in [2.75, 3.05) is 0 Å². The average Bonchev–Trinajstić information content (AvgIpc) is 3.32. The number of aromatic amines is 2. The SMILES string of the molecule is O=C(NCc1ccco1)c1ccc2cc(-c3ccn[nH]3)[nH]c2c1. The molecule has 114 valence electrons. The largest absolute Gasteiger partial charge is 0.467 e. The fourth-order valence-corrected chi connectivity index (χ4v) is 2.50. The van der Waals surface area contributed by atoms with E-state index >= 15 is 0 Å². The molecule has 1 amide bonds. The normalized spacial score (nSPS) is 11.0. The van der Waals surface area contributed by atoms with Gasteiger partial charge in [0.05, 0.1) is 24.2 Å². The van der Waals surface area contributed by atoms with Crippen molar-refractivity contribution in [1.29, 1.82) is 0 Å². The average molecular weight is 306 g/mol. The third kappa shape index (κ3) is 2.62. The lowest BCUT2D eigenvalue weighted by atomic mass is 10.1. The van der Waals surface area contributed by atoms with Crippen LogP contribution in [0.1, 0.15) is 16.1 Å². The van der Waals surface area contributed by atoms with Gasteiger partial charge in [-0.15, -0.1) is 0 Å². The number of hydrogen-bond donors (Lipinski definition) is 3. The quantitative estimate of drug-likeness (QED) is 0.541. The summed E-state index contributed by atoms with van der Waals surface area (Å²) in [7, 11) is 0. The molecule has 0 aliphatic carbocycles. The number of H-pyrrole nitrogens is 2. The van der Waals surface area contributed by atoms with Crippen molar-refractivity contribution >= 4 is 16.8 Å². The van der Waals surface area contributed by atoms with Crippen molar-refractivity contribution in [2.45, 2.75) is 6.54 Å². The van der Waals surface area contributed by atoms with Gasteiger partial charge in [-0.25, -0.2) is 0 Å². The Balaban J connectivity index is 1.57. The van der Waals surface area contributed by atoms with Gasteiger partial charge >= 0.3 is 0 Å². The van der Waals surface area contributed by atoms with Crippen molar-refractivity contribution in [2.24, 2.45) is 0 Å². The molecule has 23 heavy (non-hydrogen) atoms. The zero-order valence-electron chi connectivity index (χ0n) is 12.2. The van der Waals surface area contributed by atoms with Crippen LogP contribution >= 0.6 is 0 Å². The first kappa shape index (κ1) is 13.4. The second-order valence-corrected chi connectivity index (χ2v) is 5.22. The van der Waals surface area contributed by atoms with Crippen molar-refractivity contribution < 1.29 is 9.21 Å². The van der Waals surface area contributed by atoms with Gasteiger partial charge in [0.25, 0.3) is 5.91 Å². The molecule has 0 spiro atoms. The van der Waals surface area contributed by atoms with E-state index in [1.807, 2.05) is 36.4 Å². The number of furan rings is 1. The summed E-state index contributed by atoms with van der Waals surface area (Å²) < 4.78 is 5.20. The molecule has 4 aromatic rings. The van der Waals surface area contributed by atoms with Crippen molar-refractivity contribution in [3.8, 4) is 11.4 Å². The smallest absolute Gasteiger partial charge is 0.251 e. The van der Waals surface area contributed by atoms with Gasteiger partial charge in [0.1, 0.15) is 5.76 Å². The summed E-state index contributed by atoms with van der Waals surface area (Å²) in [5.41, 5.74) is 3.35. The third-order valence-electron chi connectivity index (χ3n) is 3.68. The van der Waals surface area contributed by atoms with Gasteiger partial charge in [0.15, 0.2) is 0 Å². The zero-order chi connectivity index (χ0) is 15.6. The predicted octanol–water partition coefficient (Wildman–Crippen LogP) is 3.08. The molecule has 0 bridgehead atoms. The first-order chi connectivity index (χ1) is 11.3. The van der Waals surface area contributed by atoms with Crippen LogP contribution in [0.2, 0.25) is 0 Å². The fraction of sp³-hybridized carbons (Fsp3) is 0.0588. The van der Waals surface area contributed by atoms with Gasteiger partial charge in [-0.2, -0.15) is 5.10 Å². The lowest BCUT2D eigenvalue weighted by Gasteiger charge is -2.03. The maximum Gasteiger partial charge on any atom is 0.251 e. The van der Waals surface area contributed by atoms with Crippen LogP contribution in [0.5, 0.6) is 0 Å². The van der Waals surface area contributed by atoms with Crippen molar-refractivity contribution in [3.63, 3.8) is 0 Å². The van der Waals surface area contributed by atoms with Gasteiger partial charge < -0.3 is 14.7 Å². The van der Waals surface area contributed by atoms with Crippen LogP contribution in [-0.4, -0.2) is 21.1 Å². The summed E-state index contributed by atoms with van der Waals surface area (Å²) in [5.74, 6) is 0.585. The molecule has 6 heteroatoms. The number of nitrogens with zero attached hydrogens (tertiary/aromatic N) is 1. The van der Waals surface area contributed by atoms with Gasteiger partial charge in [0, 0.05) is 22.7 Å². The lowest BCUT2D eigenvalue weighted by molar-refractivity contribution is 0.0948. The van der Waals surface area contributed by atoms with Crippen molar-refractivity contribution in [1.82, 2.24) is 20.5 Å². The van der Waals surface area contributed by atoms with E-state index in [1.54, 1.807) is 18.5 Å². The molecule has 0 saturated heterocycles. The minimum Gasteiger partial charge on any atom is -0.467 e. The maximum absolute atomic E-state index is 12.2. The molecule has 0 aliphatic heterocycles. The molecule has 3 N–H and O–H groups in total. The molecular weight excluding hydrogens is 292 g/mol. The second-order valence-electron chi connectivity index (χ2n) is 5.22. The Morgan fingerprint density at radius 1 is 1.17 bits per heavy atom. The second kappa shape index (κ2) is 5.49. The molecule has 1 aromatic carbocycles. The minimum atomic E-state index is -0.138. The number of amides is 1. The highest BCUT2D eigenvalue weighted by molar-refractivity contribution is 5.98. The molecule has 0 fully saturated rings. The highest BCUT2D eigenvalue weighted by Gasteiger charge is 2.09. The van der Waals surface area contributed by atoms with Crippen LogP contribution < -0.4 is 5.32 Å². The number of rotatable bonds is 4. The molecule has 0 radical (unpaired) electrons. The summed E-state index contributed by atoms with van der Waals surface area (Å²) in [6.07, 6.45) is 3.29. The Labute approximate surface area is 131 Å². The Morgan fingerprint density at radius 3 is 2.91 bits per heavy atom. The van der Waals surface area contributed by atoms with Crippen molar-refractivity contribution in [3.05, 3.63) is 66.2 Å². The predicted molar refractivity (Wildman–Crippen MR) is 85.8 cm³/mol. The summed E-state index contributed by atoms with van der Waals surface area (Å²) in [6, 6.07) is 13.1. The Kier molecular flexibility index (Phi) is 3.20. The van der Waals surface area contributed by atoms with E-state index < -0.39 is 0 Å². The third-order valence-corrected chi connectivity index (χ3v) is 3.68. The van der Waals surface area contributed by atoms with E-state index in [0.29, 0.717) is 12.1 Å². The molecule has 0 aliphatic rings. The molecule has 0 atom stereocenters. The van der Waals surface area contributed by atoms with Gasteiger partial charge in [0.2, 0.25) is 0 Å². The fourth-order valence-electron chi connectivity index (χ4n) is 2.50. The van der Waals surface area contributed by atoms with E-state index in [4.69, 9.17) is 4.42 Å². The number of carbonyl (C=O) groups excluding carboxylic acids is 1. The summed E-state index contributed by atoms with van der Waals surface area (Å²) in [4.78, 5) is 15.5. The number of hydrogen-bond acceptors (Lipinski definition) is 3. The number of carbonyl (C=O) groups is 1. The van der Waals surface area contributed by atoms with Crippen LogP contribution in [0.25, 0.3) is 22.3 Å². The first-order valence-corrected chi connectivity index (χ1v) is 7.23. The maximum atomic E-state index is 12.2. The lowest BCUT2D eigenvalue weighted by Crippen LogP contribution is -2.22. The van der Waals surface area contributed by atoms with Gasteiger partial charge in [-0.3, -0.25) is 9.89 Å². The molecule has 3 heterocycles. The van der Waals surface area contributed by atoms with Crippen LogP contribution in [0.4, 0.5) is 0 Å². The standard InChI is InChI=1S/C17H14N4O2/c22-17(18-10-13-2-1-7-23-13)12-4-3-11-8-16(20-15(11)9-12)14-5-6-19-21-14/h1-9,20H,10H2,(H,18,22)(H,19,21). The van der Waals surface area contributed by atoms with E-state index in [-0.39, 0.29) is 5.91 Å². The molecular formula is C17H14N4O2. The molecule has 0 unspecified atom stereocenters. The monoisotopic (exact) mass is 306 g/mol. The Hall–Kier alpha value is -3.28. The Morgan fingerprint density at radius 2 is 2.13 bits per heavy atom. The summed E-state index contributed by atoms with van der Waals surface area (Å²) in [6.45, 7) is 0.369. The number of aromatic nitrogens is 3. The molecule has 4 rings (SSSR count). The van der Waals surface area contributed by atoms with Crippen LogP contribution in [0.3, 0.4) is 0 Å². The zero-order valence-corrected chi connectivity index (χ0v) is 12.2. The number of benzene rings is 1. The van der Waals surface area contributed by atoms with Gasteiger partial charge in [-0.1, -0.05) is 6.07 Å². The highest BCUT2D eigenvalue weighted by atomic mass is 16.3. The highest BCUT2D eigenvalue weighted by Crippen LogP contribution is 2.23.